The Balaban J connectivity index is 1.34. The molecule has 1 unspecified atom stereocenters. The zero-order chi connectivity index (χ0) is 19.6. The van der Waals surface area contributed by atoms with Gasteiger partial charge < -0.3 is 10.6 Å². The molecule has 1 aliphatic rings. The molecule has 0 amide bonds. The molecule has 9 heteroatoms. The molecule has 1 aliphatic heterocycles. The van der Waals surface area contributed by atoms with E-state index in [0.717, 1.165) is 30.7 Å². The van der Waals surface area contributed by atoms with E-state index >= 15 is 0 Å². The molecule has 8 nitrogen and oxygen atoms in total. The molecular weight excluding hydrogens is 371 g/mol. The van der Waals surface area contributed by atoms with E-state index in [9.17, 15) is 4.39 Å². The van der Waals surface area contributed by atoms with Crippen molar-refractivity contribution in [2.75, 3.05) is 18.4 Å². The van der Waals surface area contributed by atoms with Gasteiger partial charge in [0.05, 0.1) is 30.0 Å². The zero-order valence-corrected chi connectivity index (χ0v) is 15.8. The van der Waals surface area contributed by atoms with Gasteiger partial charge in [-0.2, -0.15) is 15.2 Å². The fourth-order valence-corrected chi connectivity index (χ4v) is 3.62. The molecule has 0 bridgehead atoms. The summed E-state index contributed by atoms with van der Waals surface area (Å²) in [5.74, 6) is 0.811. The maximum atomic E-state index is 14.0. The Kier molecular flexibility index (Phi) is 4.65. The molecule has 0 spiro atoms. The Bertz CT molecular complexity index is 1130. The molecule has 148 valence electrons. The summed E-state index contributed by atoms with van der Waals surface area (Å²) >= 11 is 0. The first-order valence-electron chi connectivity index (χ1n) is 9.67. The van der Waals surface area contributed by atoms with Crippen LogP contribution in [0.2, 0.25) is 0 Å². The fourth-order valence-electron chi connectivity index (χ4n) is 3.62. The number of halogens is 1. The van der Waals surface area contributed by atoms with Gasteiger partial charge in [0.15, 0.2) is 5.65 Å². The smallest absolute Gasteiger partial charge is 0.229 e. The number of aromatic nitrogens is 6. The van der Waals surface area contributed by atoms with E-state index < -0.39 is 0 Å². The number of nitrogens with zero attached hydrogens (tertiary/aromatic N) is 6. The lowest BCUT2D eigenvalue weighted by Gasteiger charge is -2.07. The summed E-state index contributed by atoms with van der Waals surface area (Å²) in [7, 11) is 0. The van der Waals surface area contributed by atoms with Crippen LogP contribution in [-0.2, 0) is 13.1 Å². The summed E-state index contributed by atoms with van der Waals surface area (Å²) in [4.78, 5) is 8.93. The van der Waals surface area contributed by atoms with Crippen LogP contribution in [-0.4, -0.2) is 42.6 Å². The van der Waals surface area contributed by atoms with Gasteiger partial charge in [0.25, 0.3) is 0 Å². The fraction of sp³-hybridized carbons (Fsp3) is 0.300. The van der Waals surface area contributed by atoms with E-state index in [-0.39, 0.29) is 5.82 Å². The van der Waals surface area contributed by atoms with E-state index in [0.29, 0.717) is 29.6 Å². The van der Waals surface area contributed by atoms with Gasteiger partial charge in [0, 0.05) is 24.5 Å². The molecule has 4 aromatic rings. The largest absolute Gasteiger partial charge is 0.321 e. The topological polar surface area (TPSA) is 85.5 Å². The molecular formula is C20H21FN8. The second-order valence-electron chi connectivity index (χ2n) is 7.30. The molecule has 0 aliphatic carbocycles. The van der Waals surface area contributed by atoms with Crippen LogP contribution in [0.3, 0.4) is 0 Å². The summed E-state index contributed by atoms with van der Waals surface area (Å²) in [6.45, 7) is 3.31. The predicted molar refractivity (Wildman–Crippen MR) is 107 cm³/mol. The number of rotatable bonds is 6. The monoisotopic (exact) mass is 392 g/mol. The molecule has 0 radical (unpaired) electrons. The quantitative estimate of drug-likeness (QED) is 0.525. The molecule has 0 saturated carbocycles. The summed E-state index contributed by atoms with van der Waals surface area (Å²) in [5, 5.41) is 16.1. The SMILES string of the molecule is Fc1ccccc1Cn1ncc2cnc(Nc3cnn(CC4CCNC4)c3)nc21. The first-order chi connectivity index (χ1) is 14.2. The third-order valence-corrected chi connectivity index (χ3v) is 5.15. The molecule has 2 N–H and O–H groups in total. The lowest BCUT2D eigenvalue weighted by Crippen LogP contribution is -2.14. The number of hydrogen-bond acceptors (Lipinski definition) is 6. The summed E-state index contributed by atoms with van der Waals surface area (Å²) < 4.78 is 17.6. The Labute approximate surface area is 166 Å². The zero-order valence-electron chi connectivity index (χ0n) is 15.8. The highest BCUT2D eigenvalue weighted by Gasteiger charge is 2.15. The van der Waals surface area contributed by atoms with Gasteiger partial charge in [-0.1, -0.05) is 18.2 Å². The number of anilines is 2. The number of nitrogens with one attached hydrogen (secondary N) is 2. The van der Waals surface area contributed by atoms with Gasteiger partial charge in [-0.05, 0) is 31.5 Å². The van der Waals surface area contributed by atoms with Crippen LogP contribution >= 0.6 is 0 Å². The lowest BCUT2D eigenvalue weighted by molar-refractivity contribution is 0.449. The van der Waals surface area contributed by atoms with Crippen molar-refractivity contribution in [3.05, 3.63) is 60.4 Å². The lowest BCUT2D eigenvalue weighted by atomic mass is 10.1. The Morgan fingerprint density at radius 1 is 1.17 bits per heavy atom. The van der Waals surface area contributed by atoms with Gasteiger partial charge in [-0.3, -0.25) is 4.68 Å². The molecule has 29 heavy (non-hydrogen) atoms. The maximum Gasteiger partial charge on any atom is 0.229 e. The van der Waals surface area contributed by atoms with E-state index in [4.69, 9.17) is 0 Å². The summed E-state index contributed by atoms with van der Waals surface area (Å²) in [6.07, 6.45) is 8.31. The highest BCUT2D eigenvalue weighted by atomic mass is 19.1. The minimum absolute atomic E-state index is 0.256. The van der Waals surface area contributed by atoms with E-state index in [1.165, 1.54) is 12.5 Å². The van der Waals surface area contributed by atoms with Crippen LogP contribution in [0.25, 0.3) is 11.0 Å². The molecule has 3 aromatic heterocycles. The Hall–Kier alpha value is -3.33. The van der Waals surface area contributed by atoms with Crippen LogP contribution < -0.4 is 10.6 Å². The normalized spacial score (nSPS) is 16.5. The van der Waals surface area contributed by atoms with Crippen molar-refractivity contribution in [3.8, 4) is 0 Å². The van der Waals surface area contributed by atoms with Crippen molar-refractivity contribution in [1.82, 2.24) is 34.8 Å². The van der Waals surface area contributed by atoms with Crippen molar-refractivity contribution in [2.24, 2.45) is 5.92 Å². The second-order valence-corrected chi connectivity index (χ2v) is 7.30. The second kappa shape index (κ2) is 7.59. The van der Waals surface area contributed by atoms with Crippen molar-refractivity contribution in [2.45, 2.75) is 19.5 Å². The van der Waals surface area contributed by atoms with Crippen LogP contribution in [0.5, 0.6) is 0 Å². The number of benzene rings is 1. The highest BCUT2D eigenvalue weighted by Crippen LogP contribution is 2.18. The average molecular weight is 392 g/mol. The molecule has 5 rings (SSSR count). The van der Waals surface area contributed by atoms with Gasteiger partial charge in [0.1, 0.15) is 5.82 Å². The van der Waals surface area contributed by atoms with Gasteiger partial charge in [0.2, 0.25) is 5.95 Å². The minimum Gasteiger partial charge on any atom is -0.321 e. The average Bonchev–Trinajstić information content (AvgIpc) is 3.47. The summed E-state index contributed by atoms with van der Waals surface area (Å²) in [5.41, 5.74) is 2.04. The Morgan fingerprint density at radius 2 is 2.10 bits per heavy atom. The Morgan fingerprint density at radius 3 is 2.97 bits per heavy atom. The minimum atomic E-state index is -0.256. The number of fused-ring (bicyclic) bond motifs is 1. The predicted octanol–water partition coefficient (Wildman–Crippen LogP) is 2.56. The van der Waals surface area contributed by atoms with Crippen molar-refractivity contribution >= 4 is 22.7 Å². The van der Waals surface area contributed by atoms with Gasteiger partial charge in [-0.15, -0.1) is 0 Å². The summed E-state index contributed by atoms with van der Waals surface area (Å²) in [6, 6.07) is 6.68. The first-order valence-corrected chi connectivity index (χ1v) is 9.67. The molecule has 1 fully saturated rings. The third-order valence-electron chi connectivity index (χ3n) is 5.15. The number of hydrogen-bond donors (Lipinski definition) is 2. The van der Waals surface area contributed by atoms with Crippen molar-refractivity contribution in [3.63, 3.8) is 0 Å². The molecule has 1 atom stereocenters. The third kappa shape index (κ3) is 3.81. The van der Waals surface area contributed by atoms with E-state index in [1.54, 1.807) is 35.4 Å². The molecule has 1 aromatic carbocycles. The molecule has 4 heterocycles. The van der Waals surface area contributed by atoms with E-state index in [1.807, 2.05) is 16.9 Å². The molecule has 1 saturated heterocycles. The van der Waals surface area contributed by atoms with E-state index in [2.05, 4.69) is 30.8 Å². The van der Waals surface area contributed by atoms with Gasteiger partial charge >= 0.3 is 0 Å². The maximum absolute atomic E-state index is 14.0. The van der Waals surface area contributed by atoms with Crippen molar-refractivity contribution in [1.29, 1.82) is 0 Å². The van der Waals surface area contributed by atoms with Gasteiger partial charge in [-0.25, -0.2) is 14.1 Å². The van der Waals surface area contributed by atoms with Crippen LogP contribution in [0.4, 0.5) is 16.0 Å². The van der Waals surface area contributed by atoms with Crippen LogP contribution in [0, 0.1) is 11.7 Å². The van der Waals surface area contributed by atoms with Crippen LogP contribution in [0.1, 0.15) is 12.0 Å². The highest BCUT2D eigenvalue weighted by molar-refractivity contribution is 5.75. The standard InChI is InChI=1S/C20H21FN8/c21-18-4-2-1-3-15(18)12-29-19-16(9-25-29)8-23-20(27-19)26-17-10-24-28(13-17)11-14-5-6-22-7-14/h1-4,8-10,13-14,22H,5-7,11-12H2,(H,23,26,27). The van der Waals surface area contributed by atoms with Crippen LogP contribution in [0.15, 0.2) is 49.1 Å². The van der Waals surface area contributed by atoms with Crippen molar-refractivity contribution < 1.29 is 4.39 Å². The first kappa shape index (κ1) is 17.7.